The summed E-state index contributed by atoms with van der Waals surface area (Å²) in [5, 5.41) is 6.41. The van der Waals surface area contributed by atoms with Crippen LogP contribution >= 0.6 is 0 Å². The van der Waals surface area contributed by atoms with Crippen molar-refractivity contribution in [2.75, 3.05) is 49.2 Å². The molecule has 2 aromatic rings. The van der Waals surface area contributed by atoms with Gasteiger partial charge in [-0.1, -0.05) is 0 Å². The van der Waals surface area contributed by atoms with Crippen molar-refractivity contribution in [1.29, 1.82) is 0 Å². The normalized spacial score (nSPS) is 10.4. The predicted molar refractivity (Wildman–Crippen MR) is 120 cm³/mol. The highest BCUT2D eigenvalue weighted by Crippen LogP contribution is 2.38. The van der Waals surface area contributed by atoms with Crippen LogP contribution in [0.25, 0.3) is 0 Å². The van der Waals surface area contributed by atoms with Crippen molar-refractivity contribution in [1.82, 2.24) is 10.7 Å². The van der Waals surface area contributed by atoms with Crippen molar-refractivity contribution in [3.63, 3.8) is 0 Å². The molecule has 0 atom stereocenters. The lowest BCUT2D eigenvalue weighted by molar-refractivity contribution is -0.120. The zero-order chi connectivity index (χ0) is 24.4. The Morgan fingerprint density at radius 2 is 1.30 bits per heavy atom. The van der Waals surface area contributed by atoms with Gasteiger partial charge in [0, 0.05) is 17.2 Å². The maximum atomic E-state index is 12.5. The van der Waals surface area contributed by atoms with Crippen molar-refractivity contribution in [2.24, 2.45) is 5.10 Å². The average molecular weight is 461 g/mol. The van der Waals surface area contributed by atoms with Gasteiger partial charge in [-0.15, -0.1) is 0 Å². The molecule has 0 aliphatic heterocycles. The first-order valence-electron chi connectivity index (χ1n) is 9.62. The Kier molecular flexibility index (Phi) is 9.16. The summed E-state index contributed by atoms with van der Waals surface area (Å²) in [5.41, 5.74) is 3.12. The molecule has 2 amide bonds. The minimum atomic E-state index is -0.536. The largest absolute Gasteiger partial charge is 0.496 e. The van der Waals surface area contributed by atoms with Gasteiger partial charge >= 0.3 is 0 Å². The zero-order valence-corrected chi connectivity index (χ0v) is 19.3. The molecule has 0 fully saturated rings. The second kappa shape index (κ2) is 12.0. The minimum Gasteiger partial charge on any atom is -0.496 e. The fraction of sp³-hybridized carbons (Fsp3) is 0.318. The first-order valence-corrected chi connectivity index (χ1v) is 9.62. The van der Waals surface area contributed by atoms with E-state index in [-0.39, 0.29) is 12.1 Å². The highest BCUT2D eigenvalue weighted by Gasteiger charge is 2.17. The van der Waals surface area contributed by atoms with Crippen LogP contribution < -0.4 is 39.2 Å². The molecule has 0 radical (unpaired) electrons. The highest BCUT2D eigenvalue weighted by atomic mass is 16.5. The van der Waals surface area contributed by atoms with Crippen LogP contribution in [-0.4, -0.2) is 67.2 Å². The molecule has 11 nitrogen and oxygen atoms in total. The second-order valence-electron chi connectivity index (χ2n) is 6.34. The number of hydrogen-bond acceptors (Lipinski definition) is 9. The number of rotatable bonds is 11. The molecule has 0 spiro atoms. The molecule has 178 valence electrons. The van der Waals surface area contributed by atoms with Gasteiger partial charge in [0.2, 0.25) is 5.75 Å². The van der Waals surface area contributed by atoms with Crippen molar-refractivity contribution >= 4 is 18.0 Å². The SMILES string of the molecule is COc1cc(OC)c(OC)cc1/C=N/NC(=O)CNC(=O)c1cc(OC)c(OC)c(OC)c1. The van der Waals surface area contributed by atoms with Crippen LogP contribution in [0.4, 0.5) is 0 Å². The Balaban J connectivity index is 2.02. The summed E-state index contributed by atoms with van der Waals surface area (Å²) in [7, 11) is 8.86. The van der Waals surface area contributed by atoms with Gasteiger partial charge in [0.1, 0.15) is 5.75 Å². The minimum absolute atomic E-state index is 0.232. The Morgan fingerprint density at radius 1 is 0.758 bits per heavy atom. The number of carbonyl (C=O) groups excluding carboxylic acids is 2. The summed E-state index contributed by atoms with van der Waals surface area (Å²) in [4.78, 5) is 24.6. The Morgan fingerprint density at radius 3 is 1.82 bits per heavy atom. The monoisotopic (exact) mass is 461 g/mol. The number of hydrogen-bond donors (Lipinski definition) is 2. The molecule has 0 saturated carbocycles. The van der Waals surface area contributed by atoms with Crippen molar-refractivity contribution in [3.8, 4) is 34.5 Å². The number of carbonyl (C=O) groups is 2. The summed E-state index contributed by atoms with van der Waals surface area (Å²) in [6, 6.07) is 6.26. The van der Waals surface area contributed by atoms with E-state index in [2.05, 4.69) is 15.8 Å². The second-order valence-corrected chi connectivity index (χ2v) is 6.34. The van der Waals surface area contributed by atoms with Gasteiger partial charge in [-0.25, -0.2) is 5.43 Å². The number of hydrazone groups is 1. The average Bonchev–Trinajstić information content (AvgIpc) is 2.85. The summed E-state index contributed by atoms with van der Waals surface area (Å²) in [5.74, 6) is 1.39. The fourth-order valence-corrected chi connectivity index (χ4v) is 2.84. The summed E-state index contributed by atoms with van der Waals surface area (Å²) < 4.78 is 31.5. The molecule has 11 heteroatoms. The standard InChI is InChI=1S/C22H27N3O8/c1-28-15-10-17(30-3)16(29-2)9-14(15)11-24-25-20(26)12-23-22(27)13-7-18(31-4)21(33-6)19(8-13)32-5/h7-11H,12H2,1-6H3,(H,23,27)(H,25,26)/b24-11+. The maximum absolute atomic E-state index is 12.5. The van der Waals surface area contributed by atoms with Gasteiger partial charge < -0.3 is 33.7 Å². The number of nitrogens with zero attached hydrogens (tertiary/aromatic N) is 1. The van der Waals surface area contributed by atoms with Crippen LogP contribution in [0.2, 0.25) is 0 Å². The highest BCUT2D eigenvalue weighted by molar-refractivity contribution is 5.97. The lowest BCUT2D eigenvalue weighted by Gasteiger charge is -2.14. The number of nitrogens with one attached hydrogen (secondary N) is 2. The summed E-state index contributed by atoms with van der Waals surface area (Å²) in [6.45, 7) is -0.310. The third-order valence-electron chi connectivity index (χ3n) is 4.47. The number of amides is 2. The van der Waals surface area contributed by atoms with Crippen molar-refractivity contribution in [2.45, 2.75) is 0 Å². The van der Waals surface area contributed by atoms with Crippen LogP contribution in [0.1, 0.15) is 15.9 Å². The van der Waals surface area contributed by atoms with Crippen LogP contribution in [0, 0.1) is 0 Å². The molecule has 2 rings (SSSR count). The van der Waals surface area contributed by atoms with Gasteiger partial charge in [0.25, 0.3) is 11.8 Å². The van der Waals surface area contributed by atoms with Crippen molar-refractivity contribution in [3.05, 3.63) is 35.4 Å². The third-order valence-corrected chi connectivity index (χ3v) is 4.47. The van der Waals surface area contributed by atoms with Gasteiger partial charge in [-0.05, 0) is 18.2 Å². The molecule has 0 aliphatic carbocycles. The topological polar surface area (TPSA) is 126 Å². The molecule has 0 aliphatic rings. The molecule has 33 heavy (non-hydrogen) atoms. The third kappa shape index (κ3) is 6.19. The van der Waals surface area contributed by atoms with E-state index in [9.17, 15) is 9.59 Å². The Bertz CT molecular complexity index is 998. The van der Waals surface area contributed by atoms with E-state index in [0.29, 0.717) is 40.1 Å². The molecule has 2 N–H and O–H groups in total. The predicted octanol–water partition coefficient (Wildman–Crippen LogP) is 1.62. The zero-order valence-electron chi connectivity index (χ0n) is 19.3. The first-order chi connectivity index (χ1) is 15.9. The molecule has 2 aromatic carbocycles. The van der Waals surface area contributed by atoms with Gasteiger partial charge in [0.05, 0.1) is 55.4 Å². The Hall–Kier alpha value is -4.15. The van der Waals surface area contributed by atoms with Gasteiger partial charge in [-0.3, -0.25) is 9.59 Å². The van der Waals surface area contributed by atoms with E-state index in [0.717, 1.165) is 0 Å². The molecule has 0 unspecified atom stereocenters. The van der Waals surface area contributed by atoms with E-state index in [1.165, 1.54) is 61.0 Å². The van der Waals surface area contributed by atoms with E-state index >= 15 is 0 Å². The fourth-order valence-electron chi connectivity index (χ4n) is 2.84. The molecule has 0 heterocycles. The molecule has 0 bridgehead atoms. The van der Waals surface area contributed by atoms with Gasteiger partial charge in [0.15, 0.2) is 23.0 Å². The lowest BCUT2D eigenvalue weighted by atomic mass is 10.1. The molecule has 0 aromatic heterocycles. The molecular weight excluding hydrogens is 434 g/mol. The quantitative estimate of drug-likeness (QED) is 0.382. The van der Waals surface area contributed by atoms with E-state index < -0.39 is 11.8 Å². The molecule has 0 saturated heterocycles. The lowest BCUT2D eigenvalue weighted by Crippen LogP contribution is -2.35. The number of benzene rings is 2. The summed E-state index contributed by atoms with van der Waals surface area (Å²) in [6.07, 6.45) is 1.39. The van der Waals surface area contributed by atoms with Crippen LogP contribution in [0.3, 0.4) is 0 Å². The van der Waals surface area contributed by atoms with Crippen molar-refractivity contribution < 1.29 is 38.0 Å². The first kappa shape index (κ1) is 25.1. The molecular formula is C22H27N3O8. The Labute approximate surface area is 191 Å². The van der Waals surface area contributed by atoms with Crippen LogP contribution in [-0.2, 0) is 4.79 Å². The van der Waals surface area contributed by atoms with Crippen LogP contribution in [0.5, 0.6) is 34.5 Å². The summed E-state index contributed by atoms with van der Waals surface area (Å²) >= 11 is 0. The van der Waals surface area contributed by atoms with Crippen LogP contribution in [0.15, 0.2) is 29.4 Å². The maximum Gasteiger partial charge on any atom is 0.259 e. The van der Waals surface area contributed by atoms with E-state index in [1.807, 2.05) is 0 Å². The smallest absolute Gasteiger partial charge is 0.259 e. The van der Waals surface area contributed by atoms with E-state index in [1.54, 1.807) is 12.1 Å². The van der Waals surface area contributed by atoms with E-state index in [4.69, 9.17) is 28.4 Å². The van der Waals surface area contributed by atoms with Gasteiger partial charge in [-0.2, -0.15) is 5.10 Å². The number of methoxy groups -OCH3 is 6. The number of ether oxygens (including phenoxy) is 6.